The molecule has 5 nitrogen and oxygen atoms in total. The zero-order valence-corrected chi connectivity index (χ0v) is 16.6. The van der Waals surface area contributed by atoms with Crippen molar-refractivity contribution in [2.75, 3.05) is 25.5 Å². The molecule has 1 heterocycles. The number of nitrogens with zero attached hydrogens (tertiary/aromatic N) is 1. The number of Topliss-reactive ketones (excluding diaryl/α,β-unsaturated/α-hetero) is 1. The molecule has 0 spiro atoms. The molecule has 2 N–H and O–H groups in total. The Morgan fingerprint density at radius 1 is 1.11 bits per heavy atom. The summed E-state index contributed by atoms with van der Waals surface area (Å²) < 4.78 is 41.9. The SMILES string of the molecule is Cc1cc(C(=O)C[NH+](C)CC(=O)Nc2ccc(F)c(F)c2F)c(C)n1C(C)C. The number of carbonyl (C=O) groups is 2. The summed E-state index contributed by atoms with van der Waals surface area (Å²) in [7, 11) is 1.65. The lowest BCUT2D eigenvalue weighted by Gasteiger charge is -2.15. The lowest BCUT2D eigenvalue weighted by molar-refractivity contribution is -0.861. The number of halogens is 3. The van der Waals surface area contributed by atoms with E-state index in [0.717, 1.165) is 23.5 Å². The van der Waals surface area contributed by atoms with Crippen LogP contribution in [0.4, 0.5) is 18.9 Å². The Labute approximate surface area is 162 Å². The van der Waals surface area contributed by atoms with Crippen LogP contribution in [0.1, 0.15) is 41.6 Å². The highest BCUT2D eigenvalue weighted by Crippen LogP contribution is 2.20. The summed E-state index contributed by atoms with van der Waals surface area (Å²) in [6, 6.07) is 3.75. The Balaban J connectivity index is 2.01. The molecule has 0 saturated carbocycles. The van der Waals surface area contributed by atoms with Crippen LogP contribution in [0.5, 0.6) is 0 Å². The van der Waals surface area contributed by atoms with Crippen LogP contribution in [0.25, 0.3) is 0 Å². The minimum Gasteiger partial charge on any atom is -0.346 e. The van der Waals surface area contributed by atoms with E-state index in [1.165, 1.54) is 0 Å². The Hall–Kier alpha value is -2.61. The number of quaternary nitrogens is 1. The van der Waals surface area contributed by atoms with Crippen LogP contribution in [0.3, 0.4) is 0 Å². The van der Waals surface area contributed by atoms with Gasteiger partial charge in [0.2, 0.25) is 5.78 Å². The molecule has 152 valence electrons. The number of likely N-dealkylation sites (N-methyl/N-ethyl adjacent to an activating group) is 1. The number of rotatable bonds is 7. The molecular weight excluding hydrogens is 371 g/mol. The molecule has 0 saturated heterocycles. The van der Waals surface area contributed by atoms with E-state index in [9.17, 15) is 22.8 Å². The number of aryl methyl sites for hydroxylation is 1. The fourth-order valence-electron chi connectivity index (χ4n) is 3.38. The van der Waals surface area contributed by atoms with Crippen molar-refractivity contribution in [1.29, 1.82) is 0 Å². The number of benzene rings is 1. The zero-order chi connectivity index (χ0) is 21.2. The van der Waals surface area contributed by atoms with Gasteiger partial charge in [0.25, 0.3) is 5.91 Å². The third-order valence-electron chi connectivity index (χ3n) is 4.54. The van der Waals surface area contributed by atoms with Crippen molar-refractivity contribution in [3.63, 3.8) is 0 Å². The molecule has 0 aliphatic heterocycles. The number of anilines is 1. The molecule has 28 heavy (non-hydrogen) atoms. The molecule has 0 radical (unpaired) electrons. The standard InChI is InChI=1S/C20H24F3N3O2/c1-11(2)26-12(3)8-14(13(26)4)17(27)9-25(5)10-18(28)24-16-7-6-15(21)19(22)20(16)23/h6-8,11H,9-10H2,1-5H3,(H,24,28)/p+1. The maximum atomic E-state index is 13.6. The Kier molecular flexibility index (Phi) is 6.66. The van der Waals surface area contributed by atoms with Crippen molar-refractivity contribution in [3.05, 3.63) is 52.6 Å². The monoisotopic (exact) mass is 396 g/mol. The number of aromatic nitrogens is 1. The number of hydrogen-bond acceptors (Lipinski definition) is 2. The van der Waals surface area contributed by atoms with Crippen molar-refractivity contribution in [2.45, 2.75) is 33.7 Å². The first-order valence-electron chi connectivity index (χ1n) is 8.99. The molecule has 0 aliphatic carbocycles. The van der Waals surface area contributed by atoms with Crippen LogP contribution in [0.2, 0.25) is 0 Å². The molecule has 2 aromatic rings. The largest absolute Gasteiger partial charge is 0.346 e. The second kappa shape index (κ2) is 8.60. The number of carbonyl (C=O) groups excluding carboxylic acids is 2. The van der Waals surface area contributed by atoms with E-state index >= 15 is 0 Å². The van der Waals surface area contributed by atoms with Gasteiger partial charge in [-0.2, -0.15) is 0 Å². The molecule has 1 amide bonds. The summed E-state index contributed by atoms with van der Waals surface area (Å²) >= 11 is 0. The van der Waals surface area contributed by atoms with Crippen LogP contribution in [0.15, 0.2) is 18.2 Å². The van der Waals surface area contributed by atoms with Crippen molar-refractivity contribution in [3.8, 4) is 0 Å². The highest BCUT2D eigenvalue weighted by atomic mass is 19.2. The first kappa shape index (κ1) is 21.7. The van der Waals surface area contributed by atoms with Gasteiger partial charge in [0.15, 0.2) is 24.0 Å². The highest BCUT2D eigenvalue weighted by Gasteiger charge is 2.22. The predicted molar refractivity (Wildman–Crippen MR) is 100 cm³/mol. The molecule has 0 fully saturated rings. The number of ketones is 1. The molecular formula is C20H25F3N3O2+. The smallest absolute Gasteiger partial charge is 0.279 e. The summed E-state index contributed by atoms with van der Waals surface area (Å²) in [5.41, 5.74) is 2.03. The zero-order valence-electron chi connectivity index (χ0n) is 16.6. The minimum atomic E-state index is -1.64. The van der Waals surface area contributed by atoms with Crippen molar-refractivity contribution < 1.29 is 27.7 Å². The topological polar surface area (TPSA) is 55.5 Å². The highest BCUT2D eigenvalue weighted by molar-refractivity contribution is 5.98. The van der Waals surface area contributed by atoms with Gasteiger partial charge in [0.05, 0.1) is 12.7 Å². The van der Waals surface area contributed by atoms with Crippen LogP contribution >= 0.6 is 0 Å². The molecule has 8 heteroatoms. The predicted octanol–water partition coefficient (Wildman–Crippen LogP) is 2.44. The molecule has 0 bridgehead atoms. The average Bonchev–Trinajstić information content (AvgIpc) is 2.89. The minimum absolute atomic E-state index is 0.0655. The van der Waals surface area contributed by atoms with E-state index in [4.69, 9.17) is 0 Å². The number of hydrogen-bond donors (Lipinski definition) is 2. The molecule has 1 aromatic heterocycles. The normalized spacial score (nSPS) is 12.3. The molecule has 1 aromatic carbocycles. The van der Waals surface area contributed by atoms with E-state index in [1.54, 1.807) is 7.05 Å². The second-order valence-corrected chi connectivity index (χ2v) is 7.25. The molecule has 1 unspecified atom stereocenters. The molecule has 1 atom stereocenters. The van der Waals surface area contributed by atoms with E-state index in [1.807, 2.05) is 33.8 Å². The first-order valence-corrected chi connectivity index (χ1v) is 8.99. The van der Waals surface area contributed by atoms with E-state index < -0.39 is 29.0 Å². The number of amides is 1. The van der Waals surface area contributed by atoms with Gasteiger partial charge >= 0.3 is 0 Å². The lowest BCUT2D eigenvalue weighted by atomic mass is 10.1. The second-order valence-electron chi connectivity index (χ2n) is 7.25. The third kappa shape index (κ3) is 4.62. The van der Waals surface area contributed by atoms with E-state index in [-0.39, 0.29) is 24.9 Å². The van der Waals surface area contributed by atoms with Gasteiger partial charge in [-0.15, -0.1) is 0 Å². The van der Waals surface area contributed by atoms with Crippen molar-refractivity contribution in [2.24, 2.45) is 0 Å². The summed E-state index contributed by atoms with van der Waals surface area (Å²) in [6.45, 7) is 7.82. The summed E-state index contributed by atoms with van der Waals surface area (Å²) in [5.74, 6) is -5.15. The third-order valence-corrected chi connectivity index (χ3v) is 4.54. The fraction of sp³-hybridized carbons (Fsp3) is 0.400. The van der Waals surface area contributed by atoms with Gasteiger partial charge in [-0.3, -0.25) is 9.59 Å². The number of nitrogens with one attached hydrogen (secondary N) is 2. The van der Waals surface area contributed by atoms with E-state index in [2.05, 4.69) is 9.88 Å². The van der Waals surface area contributed by atoms with Gasteiger partial charge in [-0.25, -0.2) is 13.2 Å². The Morgan fingerprint density at radius 3 is 2.32 bits per heavy atom. The summed E-state index contributed by atoms with van der Waals surface area (Å²) in [4.78, 5) is 25.3. The summed E-state index contributed by atoms with van der Waals surface area (Å²) in [6.07, 6.45) is 0. The molecule has 0 aliphatic rings. The maximum Gasteiger partial charge on any atom is 0.279 e. The van der Waals surface area contributed by atoms with Crippen molar-refractivity contribution >= 4 is 17.4 Å². The van der Waals surface area contributed by atoms with Crippen molar-refractivity contribution in [1.82, 2.24) is 4.57 Å². The van der Waals surface area contributed by atoms with Crippen LogP contribution in [-0.4, -0.2) is 36.4 Å². The Bertz CT molecular complexity index is 907. The van der Waals surface area contributed by atoms with Crippen LogP contribution in [0, 0.1) is 31.3 Å². The summed E-state index contributed by atoms with van der Waals surface area (Å²) in [5, 5.41) is 2.20. The van der Waals surface area contributed by atoms with E-state index in [0.29, 0.717) is 10.5 Å². The van der Waals surface area contributed by atoms with Crippen LogP contribution < -0.4 is 10.2 Å². The average molecular weight is 396 g/mol. The quantitative estimate of drug-likeness (QED) is 0.558. The fourth-order valence-corrected chi connectivity index (χ4v) is 3.38. The Morgan fingerprint density at radius 2 is 1.75 bits per heavy atom. The van der Waals surface area contributed by atoms with Gasteiger partial charge in [-0.1, -0.05) is 0 Å². The maximum absolute atomic E-state index is 13.6. The van der Waals surface area contributed by atoms with Gasteiger partial charge in [0, 0.05) is 23.0 Å². The lowest BCUT2D eigenvalue weighted by Crippen LogP contribution is -3.11. The van der Waals surface area contributed by atoms with Gasteiger partial charge < -0.3 is 14.8 Å². The molecule has 2 rings (SSSR count). The van der Waals surface area contributed by atoms with Gasteiger partial charge in [-0.05, 0) is 45.9 Å². The van der Waals surface area contributed by atoms with Crippen LogP contribution in [-0.2, 0) is 4.79 Å². The first-order chi connectivity index (χ1) is 13.0. The van der Waals surface area contributed by atoms with Gasteiger partial charge in [0.1, 0.15) is 6.54 Å².